The summed E-state index contributed by atoms with van der Waals surface area (Å²) >= 11 is 3.32. The number of hydrogen-bond acceptors (Lipinski definition) is 3. The van der Waals surface area contributed by atoms with Crippen LogP contribution in [0.1, 0.15) is 0 Å². The molecule has 2 aromatic heterocycles. The molecular formula is C8H6BrN3. The van der Waals surface area contributed by atoms with Gasteiger partial charge in [0, 0.05) is 22.3 Å². The normalized spacial score (nSPS) is 10.4. The summed E-state index contributed by atoms with van der Waals surface area (Å²) in [6, 6.07) is 3.74. The van der Waals surface area contributed by atoms with Crippen LogP contribution in [0.4, 0.5) is 5.82 Å². The van der Waals surface area contributed by atoms with Gasteiger partial charge in [-0.25, -0.2) is 4.98 Å². The lowest BCUT2D eigenvalue weighted by Crippen LogP contribution is -1.91. The van der Waals surface area contributed by atoms with Gasteiger partial charge in [-0.1, -0.05) is 0 Å². The summed E-state index contributed by atoms with van der Waals surface area (Å²) in [6.07, 6.45) is 3.39. The number of nitrogens with zero attached hydrogens (tertiary/aromatic N) is 2. The predicted octanol–water partition coefficient (Wildman–Crippen LogP) is 1.97. The minimum absolute atomic E-state index is 0.515. The number of halogens is 1. The highest BCUT2D eigenvalue weighted by atomic mass is 79.9. The molecule has 0 aliphatic rings. The summed E-state index contributed by atoms with van der Waals surface area (Å²) in [5, 5.41) is 0.881. The first-order chi connectivity index (χ1) is 5.77. The van der Waals surface area contributed by atoms with Gasteiger partial charge in [0.15, 0.2) is 0 Å². The van der Waals surface area contributed by atoms with Crippen molar-refractivity contribution in [2.24, 2.45) is 0 Å². The van der Waals surface area contributed by atoms with Gasteiger partial charge in [-0.2, -0.15) is 0 Å². The molecule has 2 aromatic rings. The Morgan fingerprint density at radius 2 is 2.17 bits per heavy atom. The fourth-order valence-corrected chi connectivity index (χ4v) is 1.38. The molecule has 0 atom stereocenters. The van der Waals surface area contributed by atoms with Crippen molar-refractivity contribution in [1.29, 1.82) is 0 Å². The molecule has 0 saturated heterocycles. The van der Waals surface area contributed by atoms with Crippen LogP contribution < -0.4 is 5.73 Å². The summed E-state index contributed by atoms with van der Waals surface area (Å²) in [7, 11) is 0. The first kappa shape index (κ1) is 7.49. The minimum Gasteiger partial charge on any atom is -0.383 e. The highest BCUT2D eigenvalue weighted by Crippen LogP contribution is 2.20. The quantitative estimate of drug-likeness (QED) is 0.744. The van der Waals surface area contributed by atoms with Gasteiger partial charge in [-0.05, 0) is 28.1 Å². The Morgan fingerprint density at radius 3 is 3.00 bits per heavy atom. The third-order valence-electron chi connectivity index (χ3n) is 1.61. The smallest absolute Gasteiger partial charge is 0.132 e. The number of rotatable bonds is 0. The molecule has 0 aromatic carbocycles. The average molecular weight is 224 g/mol. The molecule has 2 heterocycles. The zero-order valence-corrected chi connectivity index (χ0v) is 7.75. The fourth-order valence-electron chi connectivity index (χ4n) is 1.05. The van der Waals surface area contributed by atoms with Crippen molar-refractivity contribution in [1.82, 2.24) is 9.97 Å². The van der Waals surface area contributed by atoms with Crippen molar-refractivity contribution in [3.8, 4) is 0 Å². The zero-order chi connectivity index (χ0) is 8.55. The number of nitrogens with two attached hydrogens (primary N) is 1. The minimum atomic E-state index is 0.515. The Balaban J connectivity index is 2.88. The molecule has 2 rings (SSSR count). The summed E-state index contributed by atoms with van der Waals surface area (Å²) in [5.41, 5.74) is 6.52. The van der Waals surface area contributed by atoms with Gasteiger partial charge in [0.2, 0.25) is 0 Å². The van der Waals surface area contributed by atoms with Crippen molar-refractivity contribution >= 4 is 32.7 Å². The van der Waals surface area contributed by atoms with Crippen LogP contribution in [0.15, 0.2) is 29.0 Å². The van der Waals surface area contributed by atoms with Crippen molar-refractivity contribution in [3.05, 3.63) is 29.0 Å². The third kappa shape index (κ3) is 1.14. The molecule has 3 nitrogen and oxygen atoms in total. The summed E-state index contributed by atoms with van der Waals surface area (Å²) in [5.74, 6) is 0.515. The van der Waals surface area contributed by atoms with E-state index in [1.165, 1.54) is 0 Å². The Kier molecular flexibility index (Phi) is 1.69. The van der Waals surface area contributed by atoms with E-state index in [1.807, 2.05) is 12.1 Å². The lowest BCUT2D eigenvalue weighted by molar-refractivity contribution is 1.32. The molecule has 0 unspecified atom stereocenters. The Bertz CT molecular complexity index is 428. The SMILES string of the molecule is Nc1nccc2ncc(Br)cc12. The summed E-state index contributed by atoms with van der Waals surface area (Å²) in [4.78, 5) is 8.14. The molecule has 0 saturated carbocycles. The monoisotopic (exact) mass is 223 g/mol. The summed E-state index contributed by atoms with van der Waals surface area (Å²) < 4.78 is 0.912. The molecular weight excluding hydrogens is 218 g/mol. The number of aromatic nitrogens is 2. The molecule has 0 radical (unpaired) electrons. The second-order valence-electron chi connectivity index (χ2n) is 2.42. The number of nitrogen functional groups attached to an aromatic ring is 1. The third-order valence-corrected chi connectivity index (χ3v) is 2.04. The molecule has 0 aliphatic carbocycles. The van der Waals surface area contributed by atoms with Crippen molar-refractivity contribution in [3.63, 3.8) is 0 Å². The van der Waals surface area contributed by atoms with E-state index >= 15 is 0 Å². The Labute approximate surface area is 77.8 Å². The number of anilines is 1. The van der Waals surface area contributed by atoms with E-state index in [1.54, 1.807) is 12.4 Å². The first-order valence-corrected chi connectivity index (χ1v) is 4.22. The topological polar surface area (TPSA) is 51.8 Å². The molecule has 0 spiro atoms. The molecule has 0 fully saturated rings. The lowest BCUT2D eigenvalue weighted by Gasteiger charge is -1.99. The molecule has 0 amide bonds. The van der Waals surface area contributed by atoms with Crippen molar-refractivity contribution in [2.75, 3.05) is 5.73 Å². The van der Waals surface area contributed by atoms with Gasteiger partial charge >= 0.3 is 0 Å². The molecule has 4 heteroatoms. The second-order valence-corrected chi connectivity index (χ2v) is 3.33. The first-order valence-electron chi connectivity index (χ1n) is 3.43. The van der Waals surface area contributed by atoms with Crippen LogP contribution in [0.25, 0.3) is 10.9 Å². The van der Waals surface area contributed by atoms with Crippen molar-refractivity contribution in [2.45, 2.75) is 0 Å². The van der Waals surface area contributed by atoms with E-state index < -0.39 is 0 Å². The summed E-state index contributed by atoms with van der Waals surface area (Å²) in [6.45, 7) is 0. The van der Waals surface area contributed by atoms with E-state index in [4.69, 9.17) is 5.73 Å². The van der Waals surface area contributed by atoms with Crippen LogP contribution >= 0.6 is 15.9 Å². The Hall–Kier alpha value is -1.16. The molecule has 60 valence electrons. The maximum absolute atomic E-state index is 5.65. The Morgan fingerprint density at radius 1 is 1.33 bits per heavy atom. The second kappa shape index (κ2) is 2.71. The standard InChI is InChI=1S/C8H6BrN3/c9-5-3-6-7(12-4-5)1-2-11-8(6)10/h1-4H,(H2,10,11). The highest BCUT2D eigenvalue weighted by Gasteiger charge is 1.99. The lowest BCUT2D eigenvalue weighted by atomic mass is 10.2. The largest absolute Gasteiger partial charge is 0.383 e. The maximum atomic E-state index is 5.65. The maximum Gasteiger partial charge on any atom is 0.132 e. The fraction of sp³-hybridized carbons (Fsp3) is 0. The van der Waals surface area contributed by atoms with Crippen LogP contribution in [-0.4, -0.2) is 9.97 Å². The molecule has 12 heavy (non-hydrogen) atoms. The van der Waals surface area contributed by atoms with E-state index in [-0.39, 0.29) is 0 Å². The molecule has 0 bridgehead atoms. The van der Waals surface area contributed by atoms with E-state index in [0.717, 1.165) is 15.4 Å². The van der Waals surface area contributed by atoms with Crippen LogP contribution in [-0.2, 0) is 0 Å². The van der Waals surface area contributed by atoms with Crippen LogP contribution in [0.5, 0.6) is 0 Å². The van der Waals surface area contributed by atoms with Gasteiger partial charge in [-0.3, -0.25) is 4.98 Å². The molecule has 2 N–H and O–H groups in total. The number of hydrogen-bond donors (Lipinski definition) is 1. The zero-order valence-electron chi connectivity index (χ0n) is 6.16. The predicted molar refractivity (Wildman–Crippen MR) is 51.7 cm³/mol. The number of fused-ring (bicyclic) bond motifs is 1. The number of pyridine rings is 2. The van der Waals surface area contributed by atoms with Gasteiger partial charge < -0.3 is 5.73 Å². The van der Waals surface area contributed by atoms with Gasteiger partial charge in [-0.15, -0.1) is 0 Å². The van der Waals surface area contributed by atoms with E-state index in [2.05, 4.69) is 25.9 Å². The van der Waals surface area contributed by atoms with Gasteiger partial charge in [0.05, 0.1) is 5.52 Å². The van der Waals surface area contributed by atoms with E-state index in [9.17, 15) is 0 Å². The van der Waals surface area contributed by atoms with Crippen LogP contribution in [0.3, 0.4) is 0 Å². The van der Waals surface area contributed by atoms with Gasteiger partial charge in [0.25, 0.3) is 0 Å². The van der Waals surface area contributed by atoms with Crippen LogP contribution in [0.2, 0.25) is 0 Å². The van der Waals surface area contributed by atoms with Gasteiger partial charge in [0.1, 0.15) is 5.82 Å². The van der Waals surface area contributed by atoms with Crippen LogP contribution in [0, 0.1) is 0 Å². The molecule has 0 aliphatic heterocycles. The highest BCUT2D eigenvalue weighted by molar-refractivity contribution is 9.10. The average Bonchev–Trinajstić information content (AvgIpc) is 2.07. The van der Waals surface area contributed by atoms with E-state index in [0.29, 0.717) is 5.82 Å². The van der Waals surface area contributed by atoms with Crippen molar-refractivity contribution < 1.29 is 0 Å².